The molecular formula is C21H29N3O3S. The van der Waals surface area contributed by atoms with Crippen LogP contribution in [0.5, 0.6) is 0 Å². The van der Waals surface area contributed by atoms with Crippen LogP contribution in [-0.2, 0) is 10.0 Å². The van der Waals surface area contributed by atoms with Crippen molar-refractivity contribution >= 4 is 15.9 Å². The van der Waals surface area contributed by atoms with Crippen LogP contribution in [0.15, 0.2) is 53.6 Å². The third-order valence-corrected chi connectivity index (χ3v) is 6.08. The van der Waals surface area contributed by atoms with E-state index >= 15 is 0 Å². The Labute approximate surface area is 168 Å². The van der Waals surface area contributed by atoms with E-state index in [4.69, 9.17) is 0 Å². The quantitative estimate of drug-likeness (QED) is 0.659. The molecule has 0 saturated carbocycles. The van der Waals surface area contributed by atoms with Gasteiger partial charge in [-0.25, -0.2) is 13.1 Å². The first-order valence-electron chi connectivity index (χ1n) is 9.62. The Kier molecular flexibility index (Phi) is 8.14. The summed E-state index contributed by atoms with van der Waals surface area (Å²) >= 11 is 0. The van der Waals surface area contributed by atoms with Crippen LogP contribution in [0.4, 0.5) is 0 Å². The zero-order valence-corrected chi connectivity index (χ0v) is 17.6. The van der Waals surface area contributed by atoms with Crippen LogP contribution >= 0.6 is 0 Å². The van der Waals surface area contributed by atoms with Gasteiger partial charge in [0.05, 0.1) is 4.90 Å². The molecule has 0 bridgehead atoms. The van der Waals surface area contributed by atoms with E-state index in [1.807, 2.05) is 13.8 Å². The lowest BCUT2D eigenvalue weighted by atomic mass is 10.2. The van der Waals surface area contributed by atoms with Gasteiger partial charge in [0.2, 0.25) is 10.0 Å². The summed E-state index contributed by atoms with van der Waals surface area (Å²) < 4.78 is 27.7. The van der Waals surface area contributed by atoms with Crippen LogP contribution in [0.25, 0.3) is 0 Å². The number of rotatable bonds is 10. The number of hydrogen-bond acceptors (Lipinski definition) is 4. The van der Waals surface area contributed by atoms with E-state index in [1.54, 1.807) is 53.6 Å². The van der Waals surface area contributed by atoms with Gasteiger partial charge in [-0.15, -0.1) is 0 Å². The van der Waals surface area contributed by atoms with E-state index in [0.717, 1.165) is 18.4 Å². The van der Waals surface area contributed by atoms with Gasteiger partial charge in [-0.05, 0) is 51.0 Å². The summed E-state index contributed by atoms with van der Waals surface area (Å²) in [4.78, 5) is 18.9. The molecule has 0 radical (unpaired) electrons. The second-order valence-electron chi connectivity index (χ2n) is 6.98. The summed E-state index contributed by atoms with van der Waals surface area (Å²) in [5, 5.41) is 0. The molecule has 0 aliphatic heterocycles. The second kappa shape index (κ2) is 10.3. The highest BCUT2D eigenvalue weighted by atomic mass is 32.2. The van der Waals surface area contributed by atoms with Gasteiger partial charge in [0, 0.05) is 25.3 Å². The van der Waals surface area contributed by atoms with E-state index < -0.39 is 10.0 Å². The molecule has 0 aliphatic rings. The molecule has 0 aliphatic carbocycles. The predicted octanol–water partition coefficient (Wildman–Crippen LogP) is 3.39. The molecule has 2 aromatic rings. The average molecular weight is 404 g/mol. The molecule has 0 saturated heterocycles. The van der Waals surface area contributed by atoms with Gasteiger partial charge in [0.25, 0.3) is 5.91 Å². The van der Waals surface area contributed by atoms with Crippen LogP contribution in [0.2, 0.25) is 0 Å². The number of amides is 1. The van der Waals surface area contributed by atoms with E-state index in [1.165, 1.54) is 0 Å². The zero-order chi connectivity index (χ0) is 20.6. The Bertz CT molecular complexity index is 852. The normalized spacial score (nSPS) is 12.5. The number of nitrogens with one attached hydrogen (secondary N) is 1. The Morgan fingerprint density at radius 3 is 2.46 bits per heavy atom. The molecule has 1 atom stereocenters. The van der Waals surface area contributed by atoms with Crippen molar-refractivity contribution in [1.29, 1.82) is 0 Å². The van der Waals surface area contributed by atoms with Crippen LogP contribution < -0.4 is 4.72 Å². The highest BCUT2D eigenvalue weighted by Gasteiger charge is 2.20. The maximum Gasteiger partial charge on any atom is 0.272 e. The number of hydrogen-bond donors (Lipinski definition) is 1. The molecule has 7 heteroatoms. The van der Waals surface area contributed by atoms with E-state index in [0.29, 0.717) is 25.2 Å². The molecular weight excluding hydrogens is 374 g/mol. The topological polar surface area (TPSA) is 79.4 Å². The van der Waals surface area contributed by atoms with Crippen LogP contribution in [0.3, 0.4) is 0 Å². The first-order chi connectivity index (χ1) is 13.3. The molecule has 6 nitrogen and oxygen atoms in total. The number of benzene rings is 1. The lowest BCUT2D eigenvalue weighted by Crippen LogP contribution is -2.39. The Hall–Kier alpha value is -2.25. The van der Waals surface area contributed by atoms with E-state index in [-0.39, 0.29) is 16.8 Å². The minimum atomic E-state index is -3.58. The molecule has 28 heavy (non-hydrogen) atoms. The Balaban J connectivity index is 1.99. The Morgan fingerprint density at radius 1 is 1.14 bits per heavy atom. The van der Waals surface area contributed by atoms with Crippen molar-refractivity contribution in [2.45, 2.75) is 51.0 Å². The smallest absolute Gasteiger partial charge is 0.272 e. The van der Waals surface area contributed by atoms with E-state index in [9.17, 15) is 13.2 Å². The highest BCUT2D eigenvalue weighted by Crippen LogP contribution is 2.12. The van der Waals surface area contributed by atoms with Gasteiger partial charge in [-0.2, -0.15) is 0 Å². The maximum absolute atomic E-state index is 12.7. The van der Waals surface area contributed by atoms with Crippen molar-refractivity contribution in [3.05, 3.63) is 59.9 Å². The van der Waals surface area contributed by atoms with Crippen molar-refractivity contribution in [2.24, 2.45) is 0 Å². The third-order valence-electron chi connectivity index (χ3n) is 4.47. The van der Waals surface area contributed by atoms with Crippen LogP contribution in [0.1, 0.15) is 49.2 Å². The summed E-state index contributed by atoms with van der Waals surface area (Å²) in [5.41, 5.74) is 1.41. The Morgan fingerprint density at radius 2 is 1.86 bits per heavy atom. The van der Waals surface area contributed by atoms with Gasteiger partial charge in [0.1, 0.15) is 5.69 Å². The van der Waals surface area contributed by atoms with Crippen molar-refractivity contribution in [2.75, 3.05) is 13.1 Å². The number of aromatic nitrogens is 1. The maximum atomic E-state index is 12.7. The van der Waals surface area contributed by atoms with Gasteiger partial charge < -0.3 is 4.90 Å². The van der Waals surface area contributed by atoms with Crippen molar-refractivity contribution in [1.82, 2.24) is 14.6 Å². The largest absolute Gasteiger partial charge is 0.337 e. The predicted molar refractivity (Wildman–Crippen MR) is 111 cm³/mol. The molecule has 152 valence electrons. The monoisotopic (exact) mass is 403 g/mol. The summed E-state index contributed by atoms with van der Waals surface area (Å²) in [7, 11) is -3.58. The molecule has 1 aromatic carbocycles. The number of unbranched alkanes of at least 4 members (excludes halogenated alkanes) is 1. The number of pyridine rings is 1. The second-order valence-corrected chi connectivity index (χ2v) is 8.70. The fourth-order valence-electron chi connectivity index (χ4n) is 2.77. The lowest BCUT2D eigenvalue weighted by molar-refractivity contribution is 0.0742. The minimum absolute atomic E-state index is 0.123. The molecule has 0 fully saturated rings. The molecule has 1 heterocycles. The van der Waals surface area contributed by atoms with Crippen molar-refractivity contribution < 1.29 is 13.2 Å². The van der Waals surface area contributed by atoms with Crippen LogP contribution in [0, 0.1) is 6.92 Å². The molecule has 1 amide bonds. The van der Waals surface area contributed by atoms with Gasteiger partial charge in [0.15, 0.2) is 0 Å². The SMILES string of the molecule is CCCCN(CCC(C)NS(=O)(=O)c1ccc(C)cc1)C(=O)c1ccccn1. The van der Waals surface area contributed by atoms with E-state index in [2.05, 4.69) is 16.6 Å². The van der Waals surface area contributed by atoms with Crippen molar-refractivity contribution in [3.63, 3.8) is 0 Å². The third kappa shape index (κ3) is 6.42. The standard InChI is InChI=1S/C21H29N3O3S/c1-4-5-15-24(21(25)20-8-6-7-14-22-20)16-13-18(3)23-28(26,27)19-11-9-17(2)10-12-19/h6-12,14,18,23H,4-5,13,15-16H2,1-3H3. The fraction of sp³-hybridized carbons (Fsp3) is 0.429. The van der Waals surface area contributed by atoms with Gasteiger partial charge in [-0.1, -0.05) is 37.1 Å². The highest BCUT2D eigenvalue weighted by molar-refractivity contribution is 7.89. The summed E-state index contributed by atoms with van der Waals surface area (Å²) in [6.45, 7) is 6.89. The number of carbonyl (C=O) groups excluding carboxylic acids is 1. The minimum Gasteiger partial charge on any atom is -0.337 e. The van der Waals surface area contributed by atoms with Gasteiger partial charge in [-0.3, -0.25) is 9.78 Å². The average Bonchev–Trinajstić information content (AvgIpc) is 2.68. The summed E-state index contributed by atoms with van der Waals surface area (Å²) in [5.74, 6) is -0.123. The molecule has 0 spiro atoms. The number of carbonyl (C=O) groups is 1. The first kappa shape index (κ1) is 22.0. The molecule has 1 unspecified atom stereocenters. The summed E-state index contributed by atoms with van der Waals surface area (Å²) in [6, 6.07) is 11.7. The molecule has 2 rings (SSSR count). The molecule has 1 N–H and O–H groups in total. The van der Waals surface area contributed by atoms with Crippen molar-refractivity contribution in [3.8, 4) is 0 Å². The number of nitrogens with zero attached hydrogens (tertiary/aromatic N) is 2. The molecule has 1 aromatic heterocycles. The number of sulfonamides is 1. The zero-order valence-electron chi connectivity index (χ0n) is 16.8. The first-order valence-corrected chi connectivity index (χ1v) is 11.1. The lowest BCUT2D eigenvalue weighted by Gasteiger charge is -2.24. The van der Waals surface area contributed by atoms with Crippen LogP contribution in [-0.4, -0.2) is 43.3 Å². The van der Waals surface area contributed by atoms with Gasteiger partial charge >= 0.3 is 0 Å². The number of aryl methyl sites for hydroxylation is 1. The summed E-state index contributed by atoms with van der Waals surface area (Å²) in [6.07, 6.45) is 3.99. The fourth-order valence-corrected chi connectivity index (χ4v) is 4.05.